The highest BCUT2D eigenvalue weighted by atomic mass is 35.5. The van der Waals surface area contributed by atoms with Crippen molar-refractivity contribution in [2.24, 2.45) is 0 Å². The van der Waals surface area contributed by atoms with Crippen LogP contribution in [0.2, 0.25) is 5.02 Å². The van der Waals surface area contributed by atoms with Crippen LogP contribution in [0.4, 0.5) is 28.8 Å². The number of anilines is 5. The molecule has 0 radical (unpaired) electrons. The highest BCUT2D eigenvalue weighted by Gasteiger charge is 2.45. The van der Waals surface area contributed by atoms with Gasteiger partial charge in [-0.25, -0.2) is 4.98 Å². The lowest BCUT2D eigenvalue weighted by atomic mass is 10.0. The van der Waals surface area contributed by atoms with Crippen LogP contribution in [0.3, 0.4) is 0 Å². The number of rotatable bonds is 17. The predicted octanol–water partition coefficient (Wildman–Crippen LogP) is 5.03. The molecule has 1 unspecified atom stereocenters. The van der Waals surface area contributed by atoms with E-state index in [1.807, 2.05) is 18.2 Å². The fourth-order valence-electron chi connectivity index (χ4n) is 7.36. The van der Waals surface area contributed by atoms with Crippen LogP contribution < -0.4 is 36.2 Å². The van der Waals surface area contributed by atoms with E-state index in [4.69, 9.17) is 30.1 Å². The van der Waals surface area contributed by atoms with Gasteiger partial charge in [-0.2, -0.15) is 4.98 Å². The number of halogens is 1. The monoisotopic (exact) mass is 906 g/mol. The number of para-hydroxylation sites is 1. The Morgan fingerprint density at radius 3 is 2.47 bits per heavy atom. The normalized spacial score (nSPS) is 16.9. The molecule has 4 N–H and O–H groups in total. The Hall–Kier alpha value is -5.56. The van der Waals surface area contributed by atoms with Crippen molar-refractivity contribution in [3.05, 3.63) is 83.0 Å². The van der Waals surface area contributed by atoms with Crippen LogP contribution in [0.15, 0.2) is 71.8 Å². The highest BCUT2D eigenvalue weighted by Crippen LogP contribution is 2.47. The van der Waals surface area contributed by atoms with Gasteiger partial charge in [-0.15, -0.1) is 11.8 Å². The molecule has 62 heavy (non-hydrogen) atoms. The lowest BCUT2D eigenvalue weighted by Gasteiger charge is -2.34. The van der Waals surface area contributed by atoms with E-state index in [1.54, 1.807) is 49.6 Å². The minimum absolute atomic E-state index is 0.0323. The standard InChI is InChI=1S/C41H44ClN8O10PS/c1-57-31-21-25(11-12-28(31)46-41-43-22-27(42)37(48-41)45-29-8-4-5-9-32(29)61(56,58-2)59-3)49-17-15-24(16-18-49)44-35(52)23-60-19-20-62-33-10-6-7-26-36(33)40(55)50(39(26)54)30-13-14-34(51)47-38(30)53/h4-12,21-22,24,30H,13-20,23H2,1-3H3,(H,44,52)(H,47,51,53)(H2,43,45,46,48). The number of nitrogens with zero attached hydrogens (tertiary/aromatic N) is 4. The number of ether oxygens (including phenoxy) is 2. The summed E-state index contributed by atoms with van der Waals surface area (Å²) in [7, 11) is 0.599. The van der Waals surface area contributed by atoms with Gasteiger partial charge < -0.3 is 39.4 Å². The summed E-state index contributed by atoms with van der Waals surface area (Å²) in [5, 5.41) is 12.1. The van der Waals surface area contributed by atoms with E-state index in [2.05, 4.69) is 36.1 Å². The van der Waals surface area contributed by atoms with Gasteiger partial charge >= 0.3 is 7.60 Å². The Bertz CT molecular complexity index is 2430. The van der Waals surface area contributed by atoms with Gasteiger partial charge in [0.05, 0.1) is 47.7 Å². The molecule has 18 nitrogen and oxygen atoms in total. The van der Waals surface area contributed by atoms with Crippen LogP contribution in [0.1, 0.15) is 46.4 Å². The quantitative estimate of drug-likeness (QED) is 0.0473. The predicted molar refractivity (Wildman–Crippen MR) is 232 cm³/mol. The third-order valence-electron chi connectivity index (χ3n) is 10.5. The number of thioether (sulfide) groups is 1. The third kappa shape index (κ3) is 9.72. The first-order valence-electron chi connectivity index (χ1n) is 19.6. The minimum Gasteiger partial charge on any atom is -0.494 e. The first-order chi connectivity index (χ1) is 29.9. The number of carbonyl (C=O) groups is 5. The fourth-order valence-corrected chi connectivity index (χ4v) is 9.68. The number of hydrogen-bond acceptors (Lipinski definition) is 16. The molecule has 4 heterocycles. The molecule has 2 saturated heterocycles. The number of hydrogen-bond donors (Lipinski definition) is 4. The van der Waals surface area contributed by atoms with Crippen LogP contribution in [-0.4, -0.2) is 110 Å². The lowest BCUT2D eigenvalue weighted by Crippen LogP contribution is -2.54. The van der Waals surface area contributed by atoms with Crippen molar-refractivity contribution in [3.63, 3.8) is 0 Å². The molecule has 21 heteroatoms. The Balaban J connectivity index is 0.866. The average Bonchev–Trinajstić information content (AvgIpc) is 3.53. The van der Waals surface area contributed by atoms with E-state index in [9.17, 15) is 28.5 Å². The highest BCUT2D eigenvalue weighted by molar-refractivity contribution is 7.99. The molecular formula is C41H44ClN8O10PS. The number of imide groups is 2. The molecule has 0 saturated carbocycles. The number of aromatic nitrogens is 2. The molecule has 1 atom stereocenters. The van der Waals surface area contributed by atoms with Crippen molar-refractivity contribution in [3.8, 4) is 5.75 Å². The maximum absolute atomic E-state index is 13.3. The van der Waals surface area contributed by atoms with E-state index in [0.29, 0.717) is 59.0 Å². The molecule has 3 aliphatic rings. The number of piperidine rings is 2. The molecule has 3 aliphatic heterocycles. The second-order valence-corrected chi connectivity index (χ2v) is 18.0. The van der Waals surface area contributed by atoms with E-state index >= 15 is 0 Å². The minimum atomic E-state index is -3.59. The van der Waals surface area contributed by atoms with Crippen LogP contribution in [-0.2, 0) is 32.7 Å². The largest absolute Gasteiger partial charge is 0.494 e. The molecule has 0 aliphatic carbocycles. The zero-order valence-electron chi connectivity index (χ0n) is 34.0. The molecule has 1 aromatic heterocycles. The van der Waals surface area contributed by atoms with Gasteiger partial charge in [-0.3, -0.25) is 38.8 Å². The van der Waals surface area contributed by atoms with E-state index in [0.717, 1.165) is 10.6 Å². The number of carbonyl (C=O) groups excluding carboxylic acids is 5. The average molecular weight is 907 g/mol. The SMILES string of the molecule is COc1cc(N2CCC(NC(=O)COCCSc3cccc4c3C(=O)N(C3CCC(=O)NC3=O)C4=O)CC2)ccc1Nc1ncc(Cl)c(Nc2ccccc2P(=O)(OC)OC)n1. The van der Waals surface area contributed by atoms with Gasteiger partial charge in [0.25, 0.3) is 11.8 Å². The lowest BCUT2D eigenvalue weighted by molar-refractivity contribution is -0.136. The summed E-state index contributed by atoms with van der Waals surface area (Å²) < 4.78 is 34.9. The smallest absolute Gasteiger partial charge is 0.362 e. The summed E-state index contributed by atoms with van der Waals surface area (Å²) in [4.78, 5) is 75.9. The van der Waals surface area contributed by atoms with Crippen LogP contribution in [0, 0.1) is 0 Å². The second kappa shape index (κ2) is 19.7. The molecule has 5 amide bonds. The van der Waals surface area contributed by atoms with Crippen molar-refractivity contribution >= 4 is 94.6 Å². The van der Waals surface area contributed by atoms with Gasteiger partial charge in [0.2, 0.25) is 23.7 Å². The maximum atomic E-state index is 13.3. The molecule has 0 bridgehead atoms. The van der Waals surface area contributed by atoms with Gasteiger partial charge in [0.1, 0.15) is 23.4 Å². The number of amides is 5. The summed E-state index contributed by atoms with van der Waals surface area (Å²) in [6.07, 6.45) is 3.00. The second-order valence-electron chi connectivity index (χ2n) is 14.3. The van der Waals surface area contributed by atoms with Gasteiger partial charge in [0.15, 0.2) is 5.82 Å². The van der Waals surface area contributed by atoms with Gasteiger partial charge in [0, 0.05) is 62.2 Å². The Labute approximate surface area is 366 Å². The van der Waals surface area contributed by atoms with E-state index in [-0.39, 0.29) is 65.9 Å². The molecule has 7 rings (SSSR count). The van der Waals surface area contributed by atoms with Gasteiger partial charge in [-0.1, -0.05) is 29.8 Å². The van der Waals surface area contributed by atoms with Gasteiger partial charge in [-0.05, 0) is 55.7 Å². The van der Waals surface area contributed by atoms with Crippen molar-refractivity contribution in [1.29, 1.82) is 0 Å². The Morgan fingerprint density at radius 1 is 0.952 bits per heavy atom. The Kier molecular flexibility index (Phi) is 14.1. The summed E-state index contributed by atoms with van der Waals surface area (Å²) in [5.41, 5.74) is 2.42. The maximum Gasteiger partial charge on any atom is 0.362 e. The van der Waals surface area contributed by atoms with Crippen LogP contribution in [0.5, 0.6) is 5.75 Å². The number of nitrogens with one attached hydrogen (secondary N) is 4. The summed E-state index contributed by atoms with van der Waals surface area (Å²) >= 11 is 7.77. The fraction of sp³-hybridized carbons (Fsp3) is 0.341. The number of fused-ring (bicyclic) bond motifs is 1. The van der Waals surface area contributed by atoms with E-state index in [1.165, 1.54) is 32.2 Å². The summed E-state index contributed by atoms with van der Waals surface area (Å²) in [6, 6.07) is 16.4. The zero-order valence-corrected chi connectivity index (χ0v) is 36.4. The van der Waals surface area contributed by atoms with Crippen molar-refractivity contribution in [2.45, 2.75) is 42.7 Å². The third-order valence-corrected chi connectivity index (χ3v) is 13.7. The summed E-state index contributed by atoms with van der Waals surface area (Å²) in [6.45, 7) is 1.47. The number of benzene rings is 3. The topological polar surface area (TPSA) is 220 Å². The first-order valence-corrected chi connectivity index (χ1v) is 22.5. The Morgan fingerprint density at radius 2 is 1.73 bits per heavy atom. The molecular weight excluding hydrogens is 863 g/mol. The summed E-state index contributed by atoms with van der Waals surface area (Å²) in [5.74, 6) is -1.000. The molecule has 4 aromatic rings. The van der Waals surface area contributed by atoms with Crippen molar-refractivity contribution in [1.82, 2.24) is 25.5 Å². The first kappa shape index (κ1) is 44.5. The zero-order chi connectivity index (χ0) is 44.0. The van der Waals surface area contributed by atoms with Crippen molar-refractivity contribution in [2.75, 3.05) is 68.9 Å². The van der Waals surface area contributed by atoms with Crippen molar-refractivity contribution < 1.29 is 47.1 Å². The van der Waals surface area contributed by atoms with Crippen LogP contribution >= 0.6 is 31.0 Å². The van der Waals surface area contributed by atoms with Crippen LogP contribution in [0.25, 0.3) is 0 Å². The molecule has 326 valence electrons. The molecule has 2 fully saturated rings. The van der Waals surface area contributed by atoms with E-state index < -0.39 is 37.3 Å². The molecule has 0 spiro atoms. The number of methoxy groups -OCH3 is 1. The molecule has 3 aromatic carbocycles.